The molecule has 1 N–H and O–H groups in total. The Hall–Kier alpha value is -1.96. The average molecular weight is 459 g/mol. The average Bonchev–Trinajstić information content (AvgIpc) is 3.14. The van der Waals surface area contributed by atoms with Crippen molar-refractivity contribution < 1.29 is 4.79 Å². The Bertz CT molecular complexity index is 981. The van der Waals surface area contributed by atoms with Gasteiger partial charge in [-0.15, -0.1) is 0 Å². The van der Waals surface area contributed by atoms with E-state index in [4.69, 9.17) is 4.98 Å². The Balaban J connectivity index is 1.27. The van der Waals surface area contributed by atoms with Crippen LogP contribution in [0.2, 0.25) is 0 Å². The summed E-state index contributed by atoms with van der Waals surface area (Å²) in [4.78, 5) is 21.9. The molecule has 5 nitrogen and oxygen atoms in total. The highest BCUT2D eigenvalue weighted by Gasteiger charge is 2.20. The van der Waals surface area contributed by atoms with Crippen LogP contribution in [0, 0.1) is 6.92 Å². The number of amides is 1. The predicted octanol–water partition coefficient (Wildman–Crippen LogP) is 3.92. The maximum atomic E-state index is 12.3. The first-order valence-corrected chi connectivity index (χ1v) is 11.1. The van der Waals surface area contributed by atoms with Gasteiger partial charge in [0.05, 0.1) is 15.8 Å². The number of fused-ring (bicyclic) bond motifs is 1. The van der Waals surface area contributed by atoms with Gasteiger partial charge in [0.15, 0.2) is 5.13 Å². The third-order valence-corrected chi connectivity index (χ3v) is 6.86. The van der Waals surface area contributed by atoms with Gasteiger partial charge in [-0.1, -0.05) is 35.6 Å². The van der Waals surface area contributed by atoms with Crippen LogP contribution in [0.4, 0.5) is 5.13 Å². The molecule has 0 saturated carbocycles. The minimum absolute atomic E-state index is 0.0315. The van der Waals surface area contributed by atoms with Crippen LogP contribution in [-0.4, -0.2) is 55.1 Å². The van der Waals surface area contributed by atoms with Crippen LogP contribution in [0.5, 0.6) is 0 Å². The van der Waals surface area contributed by atoms with Crippen molar-refractivity contribution in [3.8, 4) is 0 Å². The molecular weight excluding hydrogens is 436 g/mol. The van der Waals surface area contributed by atoms with E-state index in [0.717, 1.165) is 47.8 Å². The van der Waals surface area contributed by atoms with Gasteiger partial charge < -0.3 is 10.2 Å². The molecule has 1 amide bonds. The molecule has 0 aliphatic carbocycles. The lowest BCUT2D eigenvalue weighted by atomic mass is 10.2. The van der Waals surface area contributed by atoms with Gasteiger partial charge in [0.1, 0.15) is 0 Å². The van der Waals surface area contributed by atoms with Crippen molar-refractivity contribution in [2.24, 2.45) is 0 Å². The van der Waals surface area contributed by atoms with Crippen LogP contribution in [-0.2, 0) is 0 Å². The largest absolute Gasteiger partial charge is 0.351 e. The van der Waals surface area contributed by atoms with Gasteiger partial charge in [-0.25, -0.2) is 4.98 Å². The molecule has 4 rings (SSSR count). The third kappa shape index (κ3) is 4.21. The normalized spacial score (nSPS) is 15.1. The summed E-state index contributed by atoms with van der Waals surface area (Å²) in [6, 6.07) is 13.9. The summed E-state index contributed by atoms with van der Waals surface area (Å²) in [5.74, 6) is -0.0315. The Morgan fingerprint density at radius 2 is 1.93 bits per heavy atom. The van der Waals surface area contributed by atoms with Crippen molar-refractivity contribution in [2.45, 2.75) is 6.92 Å². The molecule has 2 heterocycles. The molecule has 0 unspecified atom stereocenters. The first-order chi connectivity index (χ1) is 13.6. The molecule has 0 bridgehead atoms. The molecule has 1 aliphatic heterocycles. The number of hydrogen-bond donors (Lipinski definition) is 1. The highest BCUT2D eigenvalue weighted by molar-refractivity contribution is 9.10. The van der Waals surface area contributed by atoms with Crippen LogP contribution < -0.4 is 10.2 Å². The zero-order chi connectivity index (χ0) is 19.5. The maximum Gasteiger partial charge on any atom is 0.252 e. The topological polar surface area (TPSA) is 48.5 Å². The zero-order valence-corrected chi connectivity index (χ0v) is 18.2. The maximum absolute atomic E-state index is 12.3. The Morgan fingerprint density at radius 3 is 2.68 bits per heavy atom. The van der Waals surface area contributed by atoms with Crippen molar-refractivity contribution in [3.63, 3.8) is 0 Å². The molecule has 0 atom stereocenters. The molecule has 0 spiro atoms. The fourth-order valence-electron chi connectivity index (χ4n) is 3.44. The summed E-state index contributed by atoms with van der Waals surface area (Å²) in [6.07, 6.45) is 0. The third-order valence-electron chi connectivity index (χ3n) is 5.08. The Kier molecular flexibility index (Phi) is 5.94. The van der Waals surface area contributed by atoms with Gasteiger partial charge >= 0.3 is 0 Å². The summed E-state index contributed by atoms with van der Waals surface area (Å²) in [6.45, 7) is 7.54. The molecule has 1 saturated heterocycles. The standard InChI is InChI=1S/C21H23BrN4OS/c1-15-5-4-8-18-19(15)24-21(28-18)26-13-11-25(12-14-26)10-9-23-20(27)16-6-2-3-7-17(16)22/h2-8H,9-14H2,1H3,(H,23,27). The van der Waals surface area contributed by atoms with E-state index >= 15 is 0 Å². The lowest BCUT2D eigenvalue weighted by molar-refractivity contribution is 0.0947. The number of piperazine rings is 1. The molecule has 0 radical (unpaired) electrons. The number of carbonyl (C=O) groups excluding carboxylic acids is 1. The highest BCUT2D eigenvalue weighted by Crippen LogP contribution is 2.30. The number of carbonyl (C=O) groups is 1. The Morgan fingerprint density at radius 1 is 1.14 bits per heavy atom. The van der Waals surface area contributed by atoms with Gasteiger partial charge in [-0.2, -0.15) is 0 Å². The fraction of sp³-hybridized carbons (Fsp3) is 0.333. The number of nitrogens with zero attached hydrogens (tertiary/aromatic N) is 3. The van der Waals surface area contributed by atoms with Gasteiger partial charge in [0, 0.05) is 43.7 Å². The number of halogens is 1. The number of benzene rings is 2. The lowest BCUT2D eigenvalue weighted by Crippen LogP contribution is -2.48. The van der Waals surface area contributed by atoms with Crippen molar-refractivity contribution in [2.75, 3.05) is 44.2 Å². The van der Waals surface area contributed by atoms with Crippen molar-refractivity contribution in [1.82, 2.24) is 15.2 Å². The number of hydrogen-bond acceptors (Lipinski definition) is 5. The SMILES string of the molecule is Cc1cccc2sc(N3CCN(CCNC(=O)c4ccccc4Br)CC3)nc12. The summed E-state index contributed by atoms with van der Waals surface area (Å²) in [5, 5.41) is 4.14. The molecule has 7 heteroatoms. The quantitative estimate of drug-likeness (QED) is 0.629. The van der Waals surface area contributed by atoms with Crippen LogP contribution in [0.15, 0.2) is 46.9 Å². The van der Waals surface area contributed by atoms with Crippen molar-refractivity contribution in [3.05, 3.63) is 58.1 Å². The number of aryl methyl sites for hydroxylation is 1. The highest BCUT2D eigenvalue weighted by atomic mass is 79.9. The summed E-state index contributed by atoms with van der Waals surface area (Å²) >= 11 is 5.20. The number of rotatable bonds is 5. The molecule has 1 aromatic heterocycles. The van der Waals surface area contributed by atoms with E-state index < -0.39 is 0 Å². The minimum Gasteiger partial charge on any atom is -0.351 e. The van der Waals surface area contributed by atoms with Crippen LogP contribution in [0.25, 0.3) is 10.2 Å². The van der Waals surface area contributed by atoms with E-state index in [2.05, 4.69) is 56.2 Å². The Labute approximate surface area is 177 Å². The number of aromatic nitrogens is 1. The summed E-state index contributed by atoms with van der Waals surface area (Å²) < 4.78 is 2.08. The molecule has 3 aromatic rings. The number of nitrogens with one attached hydrogen (secondary N) is 1. The zero-order valence-electron chi connectivity index (χ0n) is 15.8. The minimum atomic E-state index is -0.0315. The predicted molar refractivity (Wildman–Crippen MR) is 119 cm³/mol. The fourth-order valence-corrected chi connectivity index (χ4v) is 5.00. The molecule has 28 heavy (non-hydrogen) atoms. The molecular formula is C21H23BrN4OS. The van der Waals surface area contributed by atoms with Crippen molar-refractivity contribution in [1.29, 1.82) is 0 Å². The van der Waals surface area contributed by atoms with Crippen LogP contribution in [0.3, 0.4) is 0 Å². The first-order valence-electron chi connectivity index (χ1n) is 9.48. The number of para-hydroxylation sites is 1. The molecule has 1 aliphatic rings. The molecule has 1 fully saturated rings. The first kappa shape index (κ1) is 19.4. The second-order valence-corrected chi connectivity index (χ2v) is 8.85. The van der Waals surface area contributed by atoms with E-state index in [-0.39, 0.29) is 5.91 Å². The molecule has 146 valence electrons. The van der Waals surface area contributed by atoms with Crippen LogP contribution in [0.1, 0.15) is 15.9 Å². The lowest BCUT2D eigenvalue weighted by Gasteiger charge is -2.34. The van der Waals surface area contributed by atoms with E-state index in [0.29, 0.717) is 12.1 Å². The monoisotopic (exact) mass is 458 g/mol. The van der Waals surface area contributed by atoms with Gasteiger partial charge in [-0.05, 0) is 46.6 Å². The number of anilines is 1. The number of thiazole rings is 1. The van der Waals surface area contributed by atoms with Gasteiger partial charge in [-0.3, -0.25) is 9.69 Å². The summed E-state index contributed by atoms with van der Waals surface area (Å²) in [5.41, 5.74) is 3.04. The van der Waals surface area contributed by atoms with Gasteiger partial charge in [0.25, 0.3) is 5.91 Å². The molecule has 2 aromatic carbocycles. The van der Waals surface area contributed by atoms with E-state index in [9.17, 15) is 4.79 Å². The van der Waals surface area contributed by atoms with Gasteiger partial charge in [0.2, 0.25) is 0 Å². The summed E-state index contributed by atoms with van der Waals surface area (Å²) in [7, 11) is 0. The van der Waals surface area contributed by atoms with Crippen molar-refractivity contribution >= 4 is 48.5 Å². The smallest absolute Gasteiger partial charge is 0.252 e. The second-order valence-electron chi connectivity index (χ2n) is 6.98. The van der Waals surface area contributed by atoms with E-state index in [1.807, 2.05) is 24.3 Å². The van der Waals surface area contributed by atoms with Crippen LogP contribution >= 0.6 is 27.3 Å². The van der Waals surface area contributed by atoms with E-state index in [1.165, 1.54) is 10.3 Å². The van der Waals surface area contributed by atoms with E-state index in [1.54, 1.807) is 11.3 Å². The second kappa shape index (κ2) is 8.59.